The molecule has 1 atom stereocenters. The highest BCUT2D eigenvalue weighted by Crippen LogP contribution is 2.30. The number of benzene rings is 1. The molecule has 0 saturated carbocycles. The third-order valence-corrected chi connectivity index (χ3v) is 3.94. The van der Waals surface area contributed by atoms with Crippen molar-refractivity contribution in [3.63, 3.8) is 0 Å². The maximum atomic E-state index is 6.08. The minimum absolute atomic E-state index is 0.363. The van der Waals surface area contributed by atoms with E-state index < -0.39 is 0 Å². The molecule has 4 heteroatoms. The lowest BCUT2D eigenvalue weighted by molar-refractivity contribution is 0.408. The predicted octanol–water partition coefficient (Wildman–Crippen LogP) is 2.63. The van der Waals surface area contributed by atoms with Crippen LogP contribution in [0.1, 0.15) is 26.7 Å². The van der Waals surface area contributed by atoms with Gasteiger partial charge in [-0.3, -0.25) is 4.99 Å². The number of nitrogens with zero attached hydrogens (tertiary/aromatic N) is 2. The van der Waals surface area contributed by atoms with Crippen molar-refractivity contribution in [2.24, 2.45) is 16.6 Å². The number of methoxy groups -OCH3 is 1. The molecule has 19 heavy (non-hydrogen) atoms. The largest absolute Gasteiger partial charge is 0.497 e. The summed E-state index contributed by atoms with van der Waals surface area (Å²) in [5, 5.41) is 0. The van der Waals surface area contributed by atoms with Gasteiger partial charge in [0.15, 0.2) is 5.96 Å². The van der Waals surface area contributed by atoms with E-state index >= 15 is 0 Å². The third kappa shape index (κ3) is 2.67. The molecule has 2 rings (SSSR count). The summed E-state index contributed by atoms with van der Waals surface area (Å²) in [6.45, 7) is 5.24. The summed E-state index contributed by atoms with van der Waals surface area (Å²) in [7, 11) is 1.68. The molecule has 1 aromatic rings. The van der Waals surface area contributed by atoms with Crippen molar-refractivity contribution in [1.29, 1.82) is 0 Å². The summed E-state index contributed by atoms with van der Waals surface area (Å²) < 4.78 is 5.29. The normalized spacial score (nSPS) is 18.8. The van der Waals surface area contributed by atoms with E-state index in [1.165, 1.54) is 0 Å². The molecule has 1 aliphatic heterocycles. The Morgan fingerprint density at radius 3 is 2.79 bits per heavy atom. The SMILES string of the molecule is CCC(CC)C1CN=C(N)N1c1cccc(OC)c1. The summed E-state index contributed by atoms with van der Waals surface area (Å²) in [6.07, 6.45) is 2.29. The highest BCUT2D eigenvalue weighted by Gasteiger charge is 2.32. The Labute approximate surface area is 115 Å². The van der Waals surface area contributed by atoms with Crippen LogP contribution < -0.4 is 15.4 Å². The van der Waals surface area contributed by atoms with Gasteiger partial charge in [-0.15, -0.1) is 0 Å². The number of hydrogen-bond acceptors (Lipinski definition) is 4. The Kier molecular flexibility index (Phi) is 4.30. The van der Waals surface area contributed by atoms with E-state index in [2.05, 4.69) is 29.8 Å². The summed E-state index contributed by atoms with van der Waals surface area (Å²) in [4.78, 5) is 6.58. The van der Waals surface area contributed by atoms with Crippen LogP contribution in [0.25, 0.3) is 0 Å². The summed E-state index contributed by atoms with van der Waals surface area (Å²) in [5.74, 6) is 2.07. The van der Waals surface area contributed by atoms with Gasteiger partial charge in [-0.25, -0.2) is 0 Å². The Bertz CT molecular complexity index is 454. The molecular weight excluding hydrogens is 238 g/mol. The minimum Gasteiger partial charge on any atom is -0.497 e. The van der Waals surface area contributed by atoms with E-state index in [0.29, 0.717) is 17.9 Å². The maximum Gasteiger partial charge on any atom is 0.196 e. The number of nitrogens with two attached hydrogens (primary N) is 1. The fourth-order valence-electron chi connectivity index (χ4n) is 2.79. The van der Waals surface area contributed by atoms with Gasteiger partial charge in [-0.05, 0) is 18.1 Å². The standard InChI is InChI=1S/C15H23N3O/c1-4-11(5-2)14-10-17-15(16)18(14)12-7-6-8-13(9-12)19-3/h6-9,11,14H,4-5,10H2,1-3H3,(H2,16,17). The van der Waals surface area contributed by atoms with Crippen LogP contribution in [0.5, 0.6) is 5.75 Å². The monoisotopic (exact) mass is 261 g/mol. The van der Waals surface area contributed by atoms with Crippen molar-refractivity contribution in [3.05, 3.63) is 24.3 Å². The van der Waals surface area contributed by atoms with Crippen molar-refractivity contribution in [2.45, 2.75) is 32.7 Å². The van der Waals surface area contributed by atoms with Crippen LogP contribution in [-0.4, -0.2) is 25.7 Å². The van der Waals surface area contributed by atoms with Gasteiger partial charge in [0, 0.05) is 11.8 Å². The lowest BCUT2D eigenvalue weighted by Crippen LogP contribution is -2.44. The molecule has 0 aromatic heterocycles. The molecular formula is C15H23N3O. The number of ether oxygens (including phenoxy) is 1. The first-order chi connectivity index (χ1) is 9.21. The van der Waals surface area contributed by atoms with E-state index in [1.807, 2.05) is 18.2 Å². The zero-order chi connectivity index (χ0) is 13.8. The van der Waals surface area contributed by atoms with Crippen LogP contribution >= 0.6 is 0 Å². The molecule has 2 N–H and O–H groups in total. The Hall–Kier alpha value is -1.71. The molecule has 0 bridgehead atoms. The molecule has 0 radical (unpaired) electrons. The van der Waals surface area contributed by atoms with Gasteiger partial charge in [0.25, 0.3) is 0 Å². The minimum atomic E-state index is 0.363. The Balaban J connectivity index is 2.30. The Morgan fingerprint density at radius 2 is 2.16 bits per heavy atom. The summed E-state index contributed by atoms with van der Waals surface area (Å²) >= 11 is 0. The second-order valence-corrected chi connectivity index (χ2v) is 4.91. The van der Waals surface area contributed by atoms with Crippen LogP contribution in [0.15, 0.2) is 29.3 Å². The van der Waals surface area contributed by atoms with Gasteiger partial charge >= 0.3 is 0 Å². The van der Waals surface area contributed by atoms with Crippen LogP contribution in [0, 0.1) is 5.92 Å². The number of guanidine groups is 1. The average Bonchev–Trinajstić information content (AvgIpc) is 2.82. The van der Waals surface area contributed by atoms with Crippen molar-refractivity contribution in [1.82, 2.24) is 0 Å². The van der Waals surface area contributed by atoms with E-state index in [1.54, 1.807) is 7.11 Å². The highest BCUT2D eigenvalue weighted by molar-refractivity contribution is 5.97. The average molecular weight is 261 g/mol. The number of hydrogen-bond donors (Lipinski definition) is 1. The van der Waals surface area contributed by atoms with Gasteiger partial charge in [0.2, 0.25) is 0 Å². The molecule has 1 unspecified atom stereocenters. The van der Waals surface area contributed by atoms with Crippen molar-refractivity contribution in [2.75, 3.05) is 18.6 Å². The van der Waals surface area contributed by atoms with Crippen molar-refractivity contribution >= 4 is 11.6 Å². The molecule has 0 aliphatic carbocycles. The quantitative estimate of drug-likeness (QED) is 0.886. The second kappa shape index (κ2) is 5.95. The number of rotatable bonds is 5. The van der Waals surface area contributed by atoms with Gasteiger partial charge in [0.1, 0.15) is 5.75 Å². The molecule has 0 saturated heterocycles. The fourth-order valence-corrected chi connectivity index (χ4v) is 2.79. The van der Waals surface area contributed by atoms with E-state index in [9.17, 15) is 0 Å². The van der Waals surface area contributed by atoms with Crippen LogP contribution in [-0.2, 0) is 0 Å². The Morgan fingerprint density at radius 1 is 1.42 bits per heavy atom. The number of aliphatic imine (C=N–C) groups is 1. The first kappa shape index (κ1) is 13.7. The van der Waals surface area contributed by atoms with Crippen molar-refractivity contribution in [3.8, 4) is 5.75 Å². The van der Waals surface area contributed by atoms with Gasteiger partial charge in [-0.1, -0.05) is 32.8 Å². The van der Waals surface area contributed by atoms with E-state index in [0.717, 1.165) is 30.8 Å². The lowest BCUT2D eigenvalue weighted by atomic mass is 9.93. The van der Waals surface area contributed by atoms with Gasteiger partial charge in [0.05, 0.1) is 19.7 Å². The summed E-state index contributed by atoms with van der Waals surface area (Å²) in [6, 6.07) is 8.37. The zero-order valence-corrected chi connectivity index (χ0v) is 12.0. The first-order valence-electron chi connectivity index (χ1n) is 6.94. The van der Waals surface area contributed by atoms with E-state index in [-0.39, 0.29) is 0 Å². The van der Waals surface area contributed by atoms with Crippen LogP contribution in [0.4, 0.5) is 5.69 Å². The first-order valence-corrected chi connectivity index (χ1v) is 6.94. The second-order valence-electron chi connectivity index (χ2n) is 4.91. The molecule has 1 aliphatic rings. The van der Waals surface area contributed by atoms with Crippen molar-refractivity contribution < 1.29 is 4.74 Å². The van der Waals surface area contributed by atoms with Gasteiger partial charge in [-0.2, -0.15) is 0 Å². The molecule has 0 amide bonds. The lowest BCUT2D eigenvalue weighted by Gasteiger charge is -2.31. The predicted molar refractivity (Wildman–Crippen MR) is 79.8 cm³/mol. The van der Waals surface area contributed by atoms with E-state index in [4.69, 9.17) is 10.5 Å². The molecule has 1 heterocycles. The van der Waals surface area contributed by atoms with Crippen LogP contribution in [0.2, 0.25) is 0 Å². The summed E-state index contributed by atoms with van der Waals surface area (Å²) in [5.41, 5.74) is 7.14. The highest BCUT2D eigenvalue weighted by atomic mass is 16.5. The molecule has 0 fully saturated rings. The van der Waals surface area contributed by atoms with Crippen LogP contribution in [0.3, 0.4) is 0 Å². The molecule has 0 spiro atoms. The smallest absolute Gasteiger partial charge is 0.196 e. The third-order valence-electron chi connectivity index (χ3n) is 3.94. The number of anilines is 1. The molecule has 104 valence electrons. The molecule has 4 nitrogen and oxygen atoms in total. The fraction of sp³-hybridized carbons (Fsp3) is 0.533. The molecule has 1 aromatic carbocycles. The zero-order valence-electron chi connectivity index (χ0n) is 12.0. The maximum absolute atomic E-state index is 6.08. The van der Waals surface area contributed by atoms with Gasteiger partial charge < -0.3 is 15.4 Å². The topological polar surface area (TPSA) is 50.8 Å².